The SMILES string of the molecule is CC(C)C(=O)OCc1ccc(NC(=O)[C@H](CCCNC(N)=O)NC(=O)[C@@H](NC(=O)CCCCCN2C(=O)CC(S)C2=O)C(C)C)cc1. The predicted octanol–water partition coefficient (Wildman–Crippen LogP) is 2.02. The van der Waals surface area contributed by atoms with Gasteiger partial charge in [0.05, 0.1) is 11.2 Å². The third-order valence-electron chi connectivity index (χ3n) is 7.45. The smallest absolute Gasteiger partial charge is 0.312 e. The van der Waals surface area contributed by atoms with Gasteiger partial charge in [0.1, 0.15) is 18.7 Å². The summed E-state index contributed by atoms with van der Waals surface area (Å²) in [7, 11) is 0. The van der Waals surface area contributed by atoms with Gasteiger partial charge in [0.2, 0.25) is 29.5 Å². The van der Waals surface area contributed by atoms with E-state index >= 15 is 0 Å². The zero-order chi connectivity index (χ0) is 35.1. The van der Waals surface area contributed by atoms with Crippen LogP contribution in [0, 0.1) is 11.8 Å². The van der Waals surface area contributed by atoms with Crippen LogP contribution in [0.4, 0.5) is 10.5 Å². The highest BCUT2D eigenvalue weighted by atomic mass is 32.1. The fourth-order valence-corrected chi connectivity index (χ4v) is 4.99. The number of carbonyl (C=O) groups excluding carboxylic acids is 7. The number of rotatable bonds is 19. The standard InChI is InChI=1S/C32H48N6O8S/c1-19(2)27(37-25(39)10-6-5-7-16-38-26(40)17-24(47)30(38)43)29(42)36-23(9-8-15-34-32(33)45)28(41)35-22-13-11-21(12-14-22)18-46-31(44)20(3)4/h11-14,19-20,23-24,27,47H,5-10,15-18H2,1-4H3,(H,35,41)(H,36,42)(H,37,39)(H3,33,34,45)/t23-,24?,27-/m0/s1. The lowest BCUT2D eigenvalue weighted by atomic mass is 10.0. The first-order valence-corrected chi connectivity index (χ1v) is 16.4. The van der Waals surface area contributed by atoms with Gasteiger partial charge in [0.15, 0.2) is 0 Å². The van der Waals surface area contributed by atoms with Crippen LogP contribution in [0.1, 0.15) is 78.2 Å². The summed E-state index contributed by atoms with van der Waals surface area (Å²) in [6.07, 6.45) is 2.40. The molecule has 0 aliphatic carbocycles. The first-order valence-electron chi connectivity index (χ1n) is 15.9. The van der Waals surface area contributed by atoms with Gasteiger partial charge in [-0.3, -0.25) is 33.7 Å². The Balaban J connectivity index is 1.94. The van der Waals surface area contributed by atoms with Gasteiger partial charge in [-0.1, -0.05) is 46.2 Å². The van der Waals surface area contributed by atoms with Crippen molar-refractivity contribution in [3.63, 3.8) is 0 Å². The summed E-state index contributed by atoms with van der Waals surface area (Å²) in [6, 6.07) is 4.11. The molecule has 1 aromatic carbocycles. The topological polar surface area (TPSA) is 206 Å². The number of imide groups is 1. The second-order valence-corrected chi connectivity index (χ2v) is 12.8. The highest BCUT2D eigenvalue weighted by Crippen LogP contribution is 2.19. The Labute approximate surface area is 281 Å². The van der Waals surface area contributed by atoms with Gasteiger partial charge in [-0.15, -0.1) is 0 Å². The molecular weight excluding hydrogens is 628 g/mol. The van der Waals surface area contributed by atoms with E-state index in [2.05, 4.69) is 33.9 Å². The number of hydrogen-bond acceptors (Lipinski definition) is 9. The molecule has 0 bridgehead atoms. The molecule has 1 saturated heterocycles. The van der Waals surface area contributed by atoms with E-state index in [9.17, 15) is 33.6 Å². The molecule has 0 aromatic heterocycles. The number of thiol groups is 1. The Morgan fingerprint density at radius 1 is 0.957 bits per heavy atom. The molecular formula is C32H48N6O8S. The number of carbonyl (C=O) groups is 7. The van der Waals surface area contributed by atoms with E-state index in [0.29, 0.717) is 31.4 Å². The fraction of sp³-hybridized carbons (Fsp3) is 0.594. The number of esters is 1. The zero-order valence-electron chi connectivity index (χ0n) is 27.5. The van der Waals surface area contributed by atoms with Crippen molar-refractivity contribution in [1.82, 2.24) is 20.9 Å². The molecule has 6 N–H and O–H groups in total. The number of amides is 7. The van der Waals surface area contributed by atoms with Gasteiger partial charge in [-0.2, -0.15) is 12.6 Å². The van der Waals surface area contributed by atoms with E-state index in [0.717, 1.165) is 5.56 Å². The summed E-state index contributed by atoms with van der Waals surface area (Å²) in [5.41, 5.74) is 6.33. The number of nitrogens with zero attached hydrogens (tertiary/aromatic N) is 1. The molecule has 1 aromatic rings. The fourth-order valence-electron chi connectivity index (χ4n) is 4.70. The summed E-state index contributed by atoms with van der Waals surface area (Å²) >= 11 is 4.11. The number of likely N-dealkylation sites (tertiary alicyclic amines) is 1. The van der Waals surface area contributed by atoms with E-state index in [1.165, 1.54) is 4.90 Å². The van der Waals surface area contributed by atoms with Crippen molar-refractivity contribution < 1.29 is 38.3 Å². The van der Waals surface area contributed by atoms with Crippen molar-refractivity contribution in [2.24, 2.45) is 17.6 Å². The van der Waals surface area contributed by atoms with Crippen LogP contribution in [0.25, 0.3) is 0 Å². The Morgan fingerprint density at radius 3 is 2.21 bits per heavy atom. The van der Waals surface area contributed by atoms with E-state index in [4.69, 9.17) is 10.5 Å². The highest BCUT2D eigenvalue weighted by molar-refractivity contribution is 7.81. The van der Waals surface area contributed by atoms with Crippen LogP contribution in [0.3, 0.4) is 0 Å². The van der Waals surface area contributed by atoms with Crippen LogP contribution in [0.15, 0.2) is 24.3 Å². The molecule has 1 heterocycles. The average Bonchev–Trinajstić information content (AvgIpc) is 3.25. The van der Waals surface area contributed by atoms with Crippen molar-refractivity contribution in [3.05, 3.63) is 29.8 Å². The summed E-state index contributed by atoms with van der Waals surface area (Å²) in [5, 5.41) is 10.1. The maximum Gasteiger partial charge on any atom is 0.312 e. The second kappa shape index (κ2) is 19.5. The minimum atomic E-state index is -0.991. The molecule has 7 amide bonds. The van der Waals surface area contributed by atoms with Gasteiger partial charge in [-0.05, 0) is 49.3 Å². The first-order chi connectivity index (χ1) is 22.2. The van der Waals surface area contributed by atoms with Crippen LogP contribution in [0.5, 0.6) is 0 Å². The zero-order valence-corrected chi connectivity index (χ0v) is 28.4. The normalized spacial score (nSPS) is 15.7. The Morgan fingerprint density at radius 2 is 1.64 bits per heavy atom. The number of nitrogens with one attached hydrogen (secondary N) is 4. The molecule has 0 spiro atoms. The highest BCUT2D eigenvalue weighted by Gasteiger charge is 2.35. The lowest BCUT2D eigenvalue weighted by Gasteiger charge is -2.25. The number of benzene rings is 1. The molecule has 2 rings (SSSR count). The van der Waals surface area contributed by atoms with Crippen molar-refractivity contribution in [3.8, 4) is 0 Å². The molecule has 1 unspecified atom stereocenters. The van der Waals surface area contributed by atoms with Crippen LogP contribution in [-0.2, 0) is 40.1 Å². The maximum atomic E-state index is 13.3. The average molecular weight is 677 g/mol. The van der Waals surface area contributed by atoms with Crippen LogP contribution in [-0.4, -0.2) is 76.9 Å². The van der Waals surface area contributed by atoms with Crippen molar-refractivity contribution in [2.75, 3.05) is 18.4 Å². The Hall–Kier alpha value is -4.14. The Bertz CT molecular complexity index is 1270. The van der Waals surface area contributed by atoms with Gasteiger partial charge >= 0.3 is 12.0 Å². The monoisotopic (exact) mass is 676 g/mol. The molecule has 0 saturated carbocycles. The van der Waals surface area contributed by atoms with Gasteiger partial charge in [-0.25, -0.2) is 4.79 Å². The largest absolute Gasteiger partial charge is 0.461 e. The van der Waals surface area contributed by atoms with E-state index < -0.39 is 35.2 Å². The number of unbranched alkanes of at least 4 members (excludes halogenated alkanes) is 2. The van der Waals surface area contributed by atoms with E-state index in [-0.39, 0.29) is 74.5 Å². The number of nitrogens with two attached hydrogens (primary N) is 1. The van der Waals surface area contributed by atoms with Crippen LogP contribution in [0.2, 0.25) is 0 Å². The number of urea groups is 1. The van der Waals surface area contributed by atoms with Gasteiger partial charge in [0.25, 0.3) is 0 Å². The van der Waals surface area contributed by atoms with Crippen molar-refractivity contribution >= 4 is 59.9 Å². The summed E-state index contributed by atoms with van der Waals surface area (Å²) in [4.78, 5) is 87.2. The third-order valence-corrected chi connectivity index (χ3v) is 7.85. The number of hydrogen-bond donors (Lipinski definition) is 6. The van der Waals surface area contributed by atoms with Crippen LogP contribution >= 0.6 is 12.6 Å². The maximum absolute atomic E-state index is 13.3. The molecule has 1 aliphatic heterocycles. The molecule has 260 valence electrons. The minimum absolute atomic E-state index is 0.0938. The Kier molecular flexibility index (Phi) is 16.2. The lowest BCUT2D eigenvalue weighted by Crippen LogP contribution is -2.54. The first kappa shape index (κ1) is 39.0. The summed E-state index contributed by atoms with van der Waals surface area (Å²) in [6.45, 7) is 7.60. The van der Waals surface area contributed by atoms with Crippen molar-refractivity contribution in [1.29, 1.82) is 0 Å². The molecule has 1 aliphatic rings. The predicted molar refractivity (Wildman–Crippen MR) is 178 cm³/mol. The third kappa shape index (κ3) is 13.6. The minimum Gasteiger partial charge on any atom is -0.461 e. The van der Waals surface area contributed by atoms with Gasteiger partial charge < -0.3 is 31.7 Å². The van der Waals surface area contributed by atoms with Crippen molar-refractivity contribution in [2.45, 2.75) is 96.6 Å². The summed E-state index contributed by atoms with van der Waals surface area (Å²) in [5.74, 6) is -2.77. The molecule has 47 heavy (non-hydrogen) atoms. The molecule has 3 atom stereocenters. The van der Waals surface area contributed by atoms with Crippen LogP contribution < -0.4 is 27.0 Å². The van der Waals surface area contributed by atoms with E-state index in [1.807, 2.05) is 0 Å². The van der Waals surface area contributed by atoms with Gasteiger partial charge in [0, 0.05) is 31.6 Å². The second-order valence-electron chi connectivity index (χ2n) is 12.1. The van der Waals surface area contributed by atoms with E-state index in [1.54, 1.807) is 52.0 Å². The molecule has 1 fully saturated rings. The molecule has 15 heteroatoms. The lowest BCUT2D eigenvalue weighted by molar-refractivity contribution is -0.148. The number of primary amides is 1. The summed E-state index contributed by atoms with van der Waals surface area (Å²) < 4.78 is 5.23. The number of anilines is 1. The molecule has 14 nitrogen and oxygen atoms in total. The quantitative estimate of drug-likeness (QED) is 0.0552. The molecule has 0 radical (unpaired) electrons. The number of ether oxygens (including phenoxy) is 1.